The third-order valence-electron chi connectivity index (χ3n) is 3.29. The Morgan fingerprint density at radius 2 is 2.10 bits per heavy atom. The highest BCUT2D eigenvalue weighted by Crippen LogP contribution is 2.20. The number of carbonyl (C=O) groups excluding carboxylic acids is 1. The van der Waals surface area contributed by atoms with E-state index in [1.54, 1.807) is 0 Å². The van der Waals surface area contributed by atoms with Gasteiger partial charge in [0, 0.05) is 36.7 Å². The molecule has 2 aromatic rings. The van der Waals surface area contributed by atoms with Gasteiger partial charge in [-0.15, -0.1) is 0 Å². The highest BCUT2D eigenvalue weighted by molar-refractivity contribution is 5.90. The molecular formula is C16H21N3O. The van der Waals surface area contributed by atoms with Crippen molar-refractivity contribution >= 4 is 17.3 Å². The molecule has 2 N–H and O–H groups in total. The number of carbonyl (C=O) groups is 1. The van der Waals surface area contributed by atoms with Crippen LogP contribution in [0.15, 0.2) is 36.5 Å². The molecule has 0 spiro atoms. The second kappa shape index (κ2) is 6.28. The van der Waals surface area contributed by atoms with Crippen molar-refractivity contribution in [2.24, 2.45) is 0 Å². The zero-order valence-electron chi connectivity index (χ0n) is 12.2. The molecule has 1 aromatic heterocycles. The Balaban J connectivity index is 2.08. The first-order valence-corrected chi connectivity index (χ1v) is 6.86. The molecule has 1 aromatic carbocycles. The first-order chi connectivity index (χ1) is 9.60. The summed E-state index contributed by atoms with van der Waals surface area (Å²) in [6.45, 7) is 7.37. The van der Waals surface area contributed by atoms with Crippen LogP contribution < -0.4 is 10.6 Å². The predicted molar refractivity (Wildman–Crippen MR) is 82.9 cm³/mol. The van der Waals surface area contributed by atoms with Gasteiger partial charge in [-0.1, -0.05) is 6.07 Å². The van der Waals surface area contributed by atoms with Crippen LogP contribution in [0, 0.1) is 6.92 Å². The van der Waals surface area contributed by atoms with Gasteiger partial charge >= 0.3 is 0 Å². The van der Waals surface area contributed by atoms with Crippen LogP contribution in [0.1, 0.15) is 25.1 Å². The molecule has 0 fully saturated rings. The molecule has 0 unspecified atom stereocenters. The molecule has 0 bridgehead atoms. The van der Waals surface area contributed by atoms with Gasteiger partial charge in [-0.25, -0.2) is 0 Å². The molecule has 2 rings (SSSR count). The Bertz CT molecular complexity index is 602. The summed E-state index contributed by atoms with van der Waals surface area (Å²) in [5.74, 6) is -0.0508. The van der Waals surface area contributed by atoms with E-state index in [9.17, 15) is 4.79 Å². The minimum absolute atomic E-state index is 0.0508. The van der Waals surface area contributed by atoms with E-state index in [2.05, 4.69) is 40.5 Å². The van der Waals surface area contributed by atoms with E-state index in [0.717, 1.165) is 30.0 Å². The largest absolute Gasteiger partial charge is 0.379 e. The number of rotatable bonds is 5. The second-order valence-corrected chi connectivity index (χ2v) is 4.85. The Kier molecular flexibility index (Phi) is 4.45. The van der Waals surface area contributed by atoms with Gasteiger partial charge in [0.2, 0.25) is 5.91 Å². The maximum absolute atomic E-state index is 11.2. The lowest BCUT2D eigenvalue weighted by Gasteiger charge is -2.12. The van der Waals surface area contributed by atoms with E-state index >= 15 is 0 Å². The third-order valence-corrected chi connectivity index (χ3v) is 3.29. The minimum Gasteiger partial charge on any atom is -0.379 e. The van der Waals surface area contributed by atoms with Crippen LogP contribution in [0.3, 0.4) is 0 Å². The number of nitrogens with one attached hydrogen (secondary N) is 2. The zero-order valence-corrected chi connectivity index (χ0v) is 12.2. The summed E-state index contributed by atoms with van der Waals surface area (Å²) in [5, 5.41) is 6.24. The first kappa shape index (κ1) is 14.2. The number of anilines is 2. The van der Waals surface area contributed by atoms with Crippen molar-refractivity contribution in [1.82, 2.24) is 4.57 Å². The van der Waals surface area contributed by atoms with E-state index in [1.807, 2.05) is 25.1 Å². The zero-order chi connectivity index (χ0) is 14.5. The van der Waals surface area contributed by atoms with Gasteiger partial charge in [-0.2, -0.15) is 0 Å². The Labute approximate surface area is 119 Å². The van der Waals surface area contributed by atoms with Gasteiger partial charge in [-0.05, 0) is 43.7 Å². The van der Waals surface area contributed by atoms with E-state index in [-0.39, 0.29) is 5.91 Å². The average Bonchev–Trinajstić information content (AvgIpc) is 2.86. The normalized spacial score (nSPS) is 10.3. The summed E-state index contributed by atoms with van der Waals surface area (Å²) in [6.07, 6.45) is 2.08. The SMILES string of the molecule is CCn1cccc1CNc1ccc(C)c(NC(C)=O)c1. The monoisotopic (exact) mass is 271 g/mol. The predicted octanol–water partition coefficient (Wildman–Crippen LogP) is 3.39. The highest BCUT2D eigenvalue weighted by Gasteiger charge is 2.03. The van der Waals surface area contributed by atoms with Gasteiger partial charge < -0.3 is 15.2 Å². The number of amides is 1. The van der Waals surface area contributed by atoms with Crippen molar-refractivity contribution in [3.63, 3.8) is 0 Å². The quantitative estimate of drug-likeness (QED) is 0.875. The lowest BCUT2D eigenvalue weighted by molar-refractivity contribution is -0.114. The third kappa shape index (κ3) is 3.41. The number of hydrogen-bond donors (Lipinski definition) is 2. The summed E-state index contributed by atoms with van der Waals surface area (Å²) >= 11 is 0. The standard InChI is InChI=1S/C16H21N3O/c1-4-19-9-5-6-15(19)11-17-14-8-7-12(2)16(10-14)18-13(3)20/h5-10,17H,4,11H2,1-3H3,(H,18,20). The molecule has 106 valence electrons. The average molecular weight is 271 g/mol. The summed E-state index contributed by atoms with van der Waals surface area (Å²) in [4.78, 5) is 11.2. The van der Waals surface area contributed by atoms with Crippen LogP contribution in [-0.2, 0) is 17.9 Å². The lowest BCUT2D eigenvalue weighted by atomic mass is 10.1. The molecule has 0 saturated heterocycles. The van der Waals surface area contributed by atoms with Crippen molar-refractivity contribution < 1.29 is 4.79 Å². The Hall–Kier alpha value is -2.23. The van der Waals surface area contributed by atoms with Crippen LogP contribution in [0.5, 0.6) is 0 Å². The van der Waals surface area contributed by atoms with Gasteiger partial charge in [0.1, 0.15) is 0 Å². The summed E-state index contributed by atoms with van der Waals surface area (Å²) in [6, 6.07) is 10.2. The van der Waals surface area contributed by atoms with Crippen molar-refractivity contribution in [1.29, 1.82) is 0 Å². The Morgan fingerprint density at radius 1 is 1.30 bits per heavy atom. The number of aromatic nitrogens is 1. The van der Waals surface area contributed by atoms with Crippen molar-refractivity contribution in [2.45, 2.75) is 33.9 Å². The molecule has 0 aliphatic heterocycles. The highest BCUT2D eigenvalue weighted by atomic mass is 16.1. The number of benzene rings is 1. The minimum atomic E-state index is -0.0508. The van der Waals surface area contributed by atoms with Crippen LogP contribution >= 0.6 is 0 Å². The van der Waals surface area contributed by atoms with Crippen LogP contribution in [-0.4, -0.2) is 10.5 Å². The Morgan fingerprint density at radius 3 is 2.80 bits per heavy atom. The van der Waals surface area contributed by atoms with E-state index < -0.39 is 0 Å². The fourth-order valence-electron chi connectivity index (χ4n) is 2.17. The molecule has 20 heavy (non-hydrogen) atoms. The number of hydrogen-bond acceptors (Lipinski definition) is 2. The van der Waals surface area contributed by atoms with Crippen LogP contribution in [0.4, 0.5) is 11.4 Å². The van der Waals surface area contributed by atoms with Crippen molar-refractivity contribution in [3.05, 3.63) is 47.8 Å². The maximum Gasteiger partial charge on any atom is 0.221 e. The van der Waals surface area contributed by atoms with Gasteiger partial charge in [0.15, 0.2) is 0 Å². The fourth-order valence-corrected chi connectivity index (χ4v) is 2.17. The van der Waals surface area contributed by atoms with E-state index in [1.165, 1.54) is 12.6 Å². The molecule has 1 amide bonds. The molecule has 4 heteroatoms. The fraction of sp³-hybridized carbons (Fsp3) is 0.312. The molecule has 1 heterocycles. The molecule has 4 nitrogen and oxygen atoms in total. The smallest absolute Gasteiger partial charge is 0.221 e. The van der Waals surface area contributed by atoms with Gasteiger partial charge in [0.25, 0.3) is 0 Å². The number of nitrogens with zero attached hydrogens (tertiary/aromatic N) is 1. The van der Waals surface area contributed by atoms with Crippen molar-refractivity contribution in [3.8, 4) is 0 Å². The van der Waals surface area contributed by atoms with Crippen LogP contribution in [0.2, 0.25) is 0 Å². The molecule has 0 atom stereocenters. The summed E-state index contributed by atoms with van der Waals surface area (Å²) < 4.78 is 2.20. The van der Waals surface area contributed by atoms with Gasteiger partial charge in [-0.3, -0.25) is 4.79 Å². The summed E-state index contributed by atoms with van der Waals surface area (Å²) in [5.41, 5.74) is 4.16. The maximum atomic E-state index is 11.2. The number of aryl methyl sites for hydroxylation is 2. The van der Waals surface area contributed by atoms with Crippen LogP contribution in [0.25, 0.3) is 0 Å². The van der Waals surface area contributed by atoms with E-state index in [0.29, 0.717) is 0 Å². The van der Waals surface area contributed by atoms with Gasteiger partial charge in [0.05, 0.1) is 6.54 Å². The lowest BCUT2D eigenvalue weighted by Crippen LogP contribution is -2.09. The molecule has 0 aliphatic carbocycles. The second-order valence-electron chi connectivity index (χ2n) is 4.85. The molecule has 0 radical (unpaired) electrons. The van der Waals surface area contributed by atoms with Crippen molar-refractivity contribution in [2.75, 3.05) is 10.6 Å². The molecular weight excluding hydrogens is 250 g/mol. The first-order valence-electron chi connectivity index (χ1n) is 6.86. The van der Waals surface area contributed by atoms with E-state index in [4.69, 9.17) is 0 Å². The topological polar surface area (TPSA) is 46.1 Å². The molecule has 0 saturated carbocycles. The summed E-state index contributed by atoms with van der Waals surface area (Å²) in [7, 11) is 0. The molecule has 0 aliphatic rings.